The van der Waals surface area contributed by atoms with Gasteiger partial charge in [-0.25, -0.2) is 0 Å². The molecule has 1 aliphatic rings. The van der Waals surface area contributed by atoms with Crippen LogP contribution in [-0.4, -0.2) is 48.6 Å². The van der Waals surface area contributed by atoms with Crippen LogP contribution < -0.4 is 22.9 Å². The summed E-state index contributed by atoms with van der Waals surface area (Å²) in [5, 5.41) is 0. The highest BCUT2D eigenvalue weighted by atomic mass is 16.2. The van der Waals surface area contributed by atoms with Crippen molar-refractivity contribution in [2.45, 2.75) is 43.8 Å². The van der Waals surface area contributed by atoms with Crippen molar-refractivity contribution in [3.05, 3.63) is 0 Å². The molecule has 0 bridgehead atoms. The van der Waals surface area contributed by atoms with E-state index in [2.05, 4.69) is 0 Å². The summed E-state index contributed by atoms with van der Waals surface area (Å²) >= 11 is 0. The van der Waals surface area contributed by atoms with Crippen molar-refractivity contribution in [1.29, 1.82) is 0 Å². The van der Waals surface area contributed by atoms with Gasteiger partial charge in [-0.05, 0) is 25.8 Å². The van der Waals surface area contributed by atoms with Gasteiger partial charge in [0, 0.05) is 25.2 Å². The van der Waals surface area contributed by atoms with Gasteiger partial charge >= 0.3 is 0 Å². The van der Waals surface area contributed by atoms with Crippen molar-refractivity contribution in [3.63, 3.8) is 0 Å². The van der Waals surface area contributed by atoms with Crippen LogP contribution in [0.4, 0.5) is 0 Å². The van der Waals surface area contributed by atoms with E-state index in [1.54, 1.807) is 4.90 Å². The highest BCUT2D eigenvalue weighted by Crippen LogP contribution is 2.10. The first-order chi connectivity index (χ1) is 8.04. The van der Waals surface area contributed by atoms with Crippen molar-refractivity contribution in [1.82, 2.24) is 4.90 Å². The second kappa shape index (κ2) is 6.90. The highest BCUT2D eigenvalue weighted by Gasteiger charge is 2.28. The number of hydrogen-bond acceptors (Lipinski definition) is 5. The van der Waals surface area contributed by atoms with Gasteiger partial charge in [-0.1, -0.05) is 6.42 Å². The fourth-order valence-electron chi connectivity index (χ4n) is 2.23. The molecule has 1 fully saturated rings. The van der Waals surface area contributed by atoms with Crippen LogP contribution in [0, 0.1) is 0 Å². The van der Waals surface area contributed by atoms with Gasteiger partial charge in [0.2, 0.25) is 5.91 Å². The third-order valence-electron chi connectivity index (χ3n) is 3.11. The third-order valence-corrected chi connectivity index (χ3v) is 3.11. The summed E-state index contributed by atoms with van der Waals surface area (Å²) in [5.41, 5.74) is 23.0. The van der Waals surface area contributed by atoms with E-state index in [-0.39, 0.29) is 18.0 Å². The predicted octanol–water partition coefficient (Wildman–Crippen LogP) is -1.67. The monoisotopic (exact) mass is 243 g/mol. The van der Waals surface area contributed by atoms with Crippen LogP contribution in [-0.2, 0) is 4.79 Å². The van der Waals surface area contributed by atoms with Crippen LogP contribution in [0.25, 0.3) is 0 Å². The maximum Gasteiger partial charge on any atom is 0.239 e. The van der Waals surface area contributed by atoms with Gasteiger partial charge in [0.25, 0.3) is 0 Å². The number of carbonyl (C=O) groups excluding carboxylic acids is 1. The molecule has 0 aromatic carbocycles. The Hall–Kier alpha value is -0.690. The zero-order chi connectivity index (χ0) is 12.8. The van der Waals surface area contributed by atoms with E-state index in [0.29, 0.717) is 26.1 Å². The minimum atomic E-state index is -0.445. The van der Waals surface area contributed by atoms with Crippen LogP contribution in [0.1, 0.15) is 25.7 Å². The van der Waals surface area contributed by atoms with E-state index in [0.717, 1.165) is 19.3 Å². The Morgan fingerprint density at radius 1 is 1.24 bits per heavy atom. The number of nitrogens with zero attached hydrogens (tertiary/aromatic N) is 1. The molecular weight excluding hydrogens is 218 g/mol. The highest BCUT2D eigenvalue weighted by molar-refractivity contribution is 5.81. The van der Waals surface area contributed by atoms with E-state index < -0.39 is 6.04 Å². The summed E-state index contributed by atoms with van der Waals surface area (Å²) in [6.45, 7) is 1.77. The van der Waals surface area contributed by atoms with Gasteiger partial charge in [0.05, 0.1) is 6.04 Å². The lowest BCUT2D eigenvalue weighted by molar-refractivity contribution is -0.134. The molecule has 6 heteroatoms. The van der Waals surface area contributed by atoms with Crippen molar-refractivity contribution < 1.29 is 4.79 Å². The van der Waals surface area contributed by atoms with E-state index in [1.807, 2.05) is 0 Å². The molecule has 3 atom stereocenters. The second-order valence-corrected chi connectivity index (χ2v) is 4.89. The first kappa shape index (κ1) is 14.4. The van der Waals surface area contributed by atoms with Gasteiger partial charge < -0.3 is 27.8 Å². The molecule has 100 valence electrons. The molecule has 1 amide bonds. The Morgan fingerprint density at radius 3 is 2.35 bits per heavy atom. The van der Waals surface area contributed by atoms with Gasteiger partial charge in [0.1, 0.15) is 0 Å². The zero-order valence-corrected chi connectivity index (χ0v) is 10.3. The molecule has 8 N–H and O–H groups in total. The number of hydrogen-bond donors (Lipinski definition) is 4. The average molecular weight is 243 g/mol. The van der Waals surface area contributed by atoms with Crippen molar-refractivity contribution >= 4 is 5.91 Å². The maximum absolute atomic E-state index is 12.0. The van der Waals surface area contributed by atoms with Crippen molar-refractivity contribution in [2.75, 3.05) is 19.6 Å². The van der Waals surface area contributed by atoms with E-state index in [1.165, 1.54) is 0 Å². The number of rotatable bonds is 5. The second-order valence-electron chi connectivity index (χ2n) is 4.89. The molecule has 0 aromatic heterocycles. The van der Waals surface area contributed by atoms with Crippen LogP contribution in [0.3, 0.4) is 0 Å². The lowest BCUT2D eigenvalue weighted by atomic mass is 10.0. The summed E-state index contributed by atoms with van der Waals surface area (Å²) in [5.74, 6) is -0.0346. The number of nitrogens with two attached hydrogens (primary N) is 4. The molecular formula is C11H25N5O. The van der Waals surface area contributed by atoms with Crippen molar-refractivity contribution in [3.8, 4) is 0 Å². The molecule has 6 nitrogen and oxygen atoms in total. The number of piperidine rings is 1. The van der Waals surface area contributed by atoms with Gasteiger partial charge in [-0.3, -0.25) is 4.79 Å². The van der Waals surface area contributed by atoms with Gasteiger partial charge in [0.15, 0.2) is 0 Å². The van der Waals surface area contributed by atoms with Gasteiger partial charge in [-0.15, -0.1) is 0 Å². The lowest BCUT2D eigenvalue weighted by Gasteiger charge is -2.36. The lowest BCUT2D eigenvalue weighted by Crippen LogP contribution is -2.57. The van der Waals surface area contributed by atoms with E-state index in [9.17, 15) is 4.79 Å². The molecule has 0 spiro atoms. The summed E-state index contributed by atoms with van der Waals surface area (Å²) in [4.78, 5) is 13.7. The van der Waals surface area contributed by atoms with Crippen molar-refractivity contribution in [2.24, 2.45) is 22.9 Å². The summed E-state index contributed by atoms with van der Waals surface area (Å²) in [7, 11) is 0. The first-order valence-electron chi connectivity index (χ1n) is 6.30. The normalized spacial score (nSPS) is 26.9. The summed E-state index contributed by atoms with van der Waals surface area (Å²) < 4.78 is 0. The van der Waals surface area contributed by atoms with Gasteiger partial charge in [-0.2, -0.15) is 0 Å². The molecule has 0 saturated carbocycles. The van der Waals surface area contributed by atoms with E-state index >= 15 is 0 Å². The number of carbonyl (C=O) groups is 1. The molecule has 1 aliphatic heterocycles. The number of unbranched alkanes of at least 4 members (excludes halogenated alkanes) is 1. The molecule has 0 radical (unpaired) electrons. The standard InChI is InChI=1S/C11H25N5O/c12-4-2-1-3-10(15)11(17)16-6-8(13)5-9(14)7-16/h8-10H,1-7,12-15H2/t8-,9?,10-/m0/s1. The Morgan fingerprint density at radius 2 is 1.82 bits per heavy atom. The van der Waals surface area contributed by atoms with Crippen LogP contribution >= 0.6 is 0 Å². The molecule has 1 heterocycles. The number of amides is 1. The summed E-state index contributed by atoms with van der Waals surface area (Å²) in [6, 6.07) is -0.503. The Labute approximate surface area is 103 Å². The Kier molecular flexibility index (Phi) is 5.84. The van der Waals surface area contributed by atoms with Crippen LogP contribution in [0.2, 0.25) is 0 Å². The van der Waals surface area contributed by atoms with E-state index in [4.69, 9.17) is 22.9 Å². The average Bonchev–Trinajstić information content (AvgIpc) is 2.27. The van der Waals surface area contributed by atoms with Crippen LogP contribution in [0.15, 0.2) is 0 Å². The largest absolute Gasteiger partial charge is 0.338 e. The van der Waals surface area contributed by atoms with Crippen LogP contribution in [0.5, 0.6) is 0 Å². The smallest absolute Gasteiger partial charge is 0.239 e. The molecule has 1 saturated heterocycles. The molecule has 0 aromatic rings. The third kappa shape index (κ3) is 4.59. The minimum Gasteiger partial charge on any atom is -0.338 e. The Bertz CT molecular complexity index is 238. The minimum absolute atomic E-state index is 0.0288. The zero-order valence-electron chi connectivity index (χ0n) is 10.3. The fraction of sp³-hybridized carbons (Fsp3) is 0.909. The fourth-order valence-corrected chi connectivity index (χ4v) is 2.23. The first-order valence-corrected chi connectivity index (χ1v) is 6.30. The SMILES string of the molecule is NCCCC[C@H](N)C(=O)N1CC(N)C[C@H](N)C1. The topological polar surface area (TPSA) is 124 Å². The summed E-state index contributed by atoms with van der Waals surface area (Å²) in [6.07, 6.45) is 3.23. The maximum atomic E-state index is 12.0. The molecule has 1 rings (SSSR count). The molecule has 17 heavy (non-hydrogen) atoms. The molecule has 0 aliphatic carbocycles. The Balaban J connectivity index is 2.39. The quantitative estimate of drug-likeness (QED) is 0.430. The predicted molar refractivity (Wildman–Crippen MR) is 68.0 cm³/mol. The number of likely N-dealkylation sites (tertiary alicyclic amines) is 1. The molecule has 1 unspecified atom stereocenters.